The zero-order valence-corrected chi connectivity index (χ0v) is 13.7. The summed E-state index contributed by atoms with van der Waals surface area (Å²) >= 11 is 0. The summed E-state index contributed by atoms with van der Waals surface area (Å²) < 4.78 is 0. The van der Waals surface area contributed by atoms with Gasteiger partial charge in [0.05, 0.1) is 5.69 Å². The molecule has 3 rings (SSSR count). The molecule has 3 nitrogen and oxygen atoms in total. The van der Waals surface area contributed by atoms with Crippen LogP contribution in [0.3, 0.4) is 0 Å². The average molecular weight is 308 g/mol. The van der Waals surface area contributed by atoms with E-state index in [1.807, 2.05) is 24.4 Å². The third kappa shape index (κ3) is 3.98. The minimum absolute atomic E-state index is 0.197. The fourth-order valence-electron chi connectivity index (χ4n) is 3.32. The van der Waals surface area contributed by atoms with E-state index in [4.69, 9.17) is 0 Å². The molecule has 1 aromatic heterocycles. The first-order chi connectivity index (χ1) is 11.2. The van der Waals surface area contributed by atoms with Crippen LogP contribution in [0.5, 0.6) is 0 Å². The molecule has 1 fully saturated rings. The minimum Gasteiger partial charge on any atom is -0.352 e. The van der Waals surface area contributed by atoms with Crippen molar-refractivity contribution >= 4 is 5.91 Å². The van der Waals surface area contributed by atoms with E-state index in [1.165, 1.54) is 24.8 Å². The topological polar surface area (TPSA) is 42.0 Å². The number of nitrogens with one attached hydrogen (secondary N) is 1. The molecule has 0 aliphatic heterocycles. The van der Waals surface area contributed by atoms with Gasteiger partial charge >= 0.3 is 0 Å². The lowest BCUT2D eigenvalue weighted by Gasteiger charge is -2.21. The van der Waals surface area contributed by atoms with Gasteiger partial charge in [0.1, 0.15) is 0 Å². The number of carbonyl (C=O) groups is 1. The lowest BCUT2D eigenvalue weighted by molar-refractivity contribution is -0.126. The molecule has 0 saturated heterocycles. The molecule has 0 radical (unpaired) electrons. The van der Waals surface area contributed by atoms with Crippen molar-refractivity contribution in [2.24, 2.45) is 5.92 Å². The van der Waals surface area contributed by atoms with Crippen molar-refractivity contribution in [3.8, 4) is 11.3 Å². The van der Waals surface area contributed by atoms with Crippen LogP contribution in [-0.2, 0) is 11.3 Å². The second-order valence-corrected chi connectivity index (χ2v) is 6.43. The van der Waals surface area contributed by atoms with E-state index in [0.29, 0.717) is 6.54 Å². The summed E-state index contributed by atoms with van der Waals surface area (Å²) in [6, 6.07) is 12.3. The Labute approximate surface area is 138 Å². The number of aryl methyl sites for hydroxylation is 1. The predicted molar refractivity (Wildman–Crippen MR) is 92.8 cm³/mol. The predicted octanol–water partition coefficient (Wildman–Crippen LogP) is 4.25. The van der Waals surface area contributed by atoms with Gasteiger partial charge in [-0.3, -0.25) is 9.78 Å². The maximum atomic E-state index is 12.3. The molecule has 1 N–H and O–H groups in total. The summed E-state index contributed by atoms with van der Waals surface area (Å²) in [6.45, 7) is 2.63. The van der Waals surface area contributed by atoms with E-state index >= 15 is 0 Å². The summed E-state index contributed by atoms with van der Waals surface area (Å²) in [7, 11) is 0. The molecular formula is C20H24N2O. The first kappa shape index (κ1) is 15.7. The first-order valence-corrected chi connectivity index (χ1v) is 8.52. The Bertz CT molecular complexity index is 675. The fourth-order valence-corrected chi connectivity index (χ4v) is 3.32. The van der Waals surface area contributed by atoms with Crippen molar-refractivity contribution in [1.82, 2.24) is 10.3 Å². The van der Waals surface area contributed by atoms with Crippen LogP contribution in [0.2, 0.25) is 0 Å². The number of pyridine rings is 1. The molecule has 120 valence electrons. The standard InChI is InChI=1S/C20H24N2O/c1-15-7-5-10-17(13-15)19-18(11-6-12-21-19)14-22-20(23)16-8-3-2-4-9-16/h5-7,10-13,16H,2-4,8-9,14H2,1H3,(H,22,23). The molecule has 2 aromatic rings. The molecule has 1 heterocycles. The molecule has 1 aliphatic carbocycles. The molecule has 0 spiro atoms. The summed E-state index contributed by atoms with van der Waals surface area (Å²) in [4.78, 5) is 16.9. The van der Waals surface area contributed by atoms with Gasteiger partial charge in [0.15, 0.2) is 0 Å². The molecule has 1 aromatic carbocycles. The number of nitrogens with zero attached hydrogens (tertiary/aromatic N) is 1. The van der Waals surface area contributed by atoms with Crippen LogP contribution in [0.4, 0.5) is 0 Å². The summed E-state index contributed by atoms with van der Waals surface area (Å²) in [5.74, 6) is 0.395. The van der Waals surface area contributed by atoms with Crippen molar-refractivity contribution in [3.63, 3.8) is 0 Å². The van der Waals surface area contributed by atoms with Crippen LogP contribution in [0.1, 0.15) is 43.2 Å². The molecule has 3 heteroatoms. The molecule has 23 heavy (non-hydrogen) atoms. The zero-order chi connectivity index (χ0) is 16.1. The lowest BCUT2D eigenvalue weighted by Crippen LogP contribution is -2.31. The van der Waals surface area contributed by atoms with Gasteiger partial charge in [-0.25, -0.2) is 0 Å². The number of benzene rings is 1. The average Bonchev–Trinajstić information content (AvgIpc) is 2.60. The third-order valence-electron chi connectivity index (χ3n) is 4.61. The largest absolute Gasteiger partial charge is 0.352 e. The summed E-state index contributed by atoms with van der Waals surface area (Å²) in [6.07, 6.45) is 7.50. The van der Waals surface area contributed by atoms with E-state index in [2.05, 4.69) is 35.4 Å². The number of aromatic nitrogens is 1. The number of hydrogen-bond acceptors (Lipinski definition) is 2. The number of carbonyl (C=O) groups excluding carboxylic acids is 1. The van der Waals surface area contributed by atoms with E-state index in [9.17, 15) is 4.79 Å². The van der Waals surface area contributed by atoms with Gasteiger partial charge in [0, 0.05) is 24.2 Å². The summed E-state index contributed by atoms with van der Waals surface area (Å²) in [5.41, 5.74) is 4.35. The zero-order valence-electron chi connectivity index (χ0n) is 13.7. The van der Waals surface area contributed by atoms with E-state index in [1.54, 1.807) is 0 Å². The van der Waals surface area contributed by atoms with Gasteiger partial charge in [0.2, 0.25) is 5.91 Å². The van der Waals surface area contributed by atoms with Crippen LogP contribution in [0.25, 0.3) is 11.3 Å². The van der Waals surface area contributed by atoms with Crippen molar-refractivity contribution in [1.29, 1.82) is 0 Å². The van der Waals surface area contributed by atoms with E-state index in [-0.39, 0.29) is 11.8 Å². The highest BCUT2D eigenvalue weighted by Crippen LogP contribution is 2.25. The van der Waals surface area contributed by atoms with Gasteiger partial charge in [-0.15, -0.1) is 0 Å². The van der Waals surface area contributed by atoms with E-state index < -0.39 is 0 Å². The Hall–Kier alpha value is -2.16. The quantitative estimate of drug-likeness (QED) is 0.917. The van der Waals surface area contributed by atoms with Gasteiger partial charge in [-0.05, 0) is 37.5 Å². The Morgan fingerprint density at radius 2 is 2.00 bits per heavy atom. The monoisotopic (exact) mass is 308 g/mol. The smallest absolute Gasteiger partial charge is 0.223 e. The molecule has 0 atom stereocenters. The van der Waals surface area contributed by atoms with Crippen LogP contribution in [0, 0.1) is 12.8 Å². The van der Waals surface area contributed by atoms with Crippen molar-refractivity contribution in [2.75, 3.05) is 0 Å². The number of hydrogen-bond donors (Lipinski definition) is 1. The second-order valence-electron chi connectivity index (χ2n) is 6.43. The van der Waals surface area contributed by atoms with Crippen molar-refractivity contribution in [2.45, 2.75) is 45.6 Å². The first-order valence-electron chi connectivity index (χ1n) is 8.52. The number of rotatable bonds is 4. The highest BCUT2D eigenvalue weighted by atomic mass is 16.1. The van der Waals surface area contributed by atoms with Gasteiger partial charge in [0.25, 0.3) is 0 Å². The SMILES string of the molecule is Cc1cccc(-c2ncccc2CNC(=O)C2CCCCC2)c1. The van der Waals surface area contributed by atoms with Crippen LogP contribution in [-0.4, -0.2) is 10.9 Å². The highest BCUT2D eigenvalue weighted by Gasteiger charge is 2.21. The third-order valence-corrected chi connectivity index (χ3v) is 4.61. The van der Waals surface area contributed by atoms with Gasteiger partial charge in [-0.1, -0.05) is 49.1 Å². The maximum absolute atomic E-state index is 12.3. The molecule has 0 bridgehead atoms. The van der Waals surface area contributed by atoms with E-state index in [0.717, 1.165) is 29.7 Å². The maximum Gasteiger partial charge on any atom is 0.223 e. The fraction of sp³-hybridized carbons (Fsp3) is 0.400. The molecule has 1 aliphatic rings. The molecule has 1 saturated carbocycles. The van der Waals surface area contributed by atoms with Crippen molar-refractivity contribution in [3.05, 3.63) is 53.7 Å². The second kappa shape index (κ2) is 7.40. The van der Waals surface area contributed by atoms with Crippen LogP contribution >= 0.6 is 0 Å². The minimum atomic E-state index is 0.197. The Morgan fingerprint density at radius 1 is 1.17 bits per heavy atom. The molecule has 1 amide bonds. The number of amides is 1. The normalized spacial score (nSPS) is 15.3. The van der Waals surface area contributed by atoms with Crippen molar-refractivity contribution < 1.29 is 4.79 Å². The highest BCUT2D eigenvalue weighted by molar-refractivity contribution is 5.79. The van der Waals surface area contributed by atoms with Gasteiger partial charge < -0.3 is 5.32 Å². The van der Waals surface area contributed by atoms with Crippen LogP contribution < -0.4 is 5.32 Å². The molecule has 0 unspecified atom stereocenters. The van der Waals surface area contributed by atoms with Gasteiger partial charge in [-0.2, -0.15) is 0 Å². The summed E-state index contributed by atoms with van der Waals surface area (Å²) in [5, 5.41) is 3.11. The van der Waals surface area contributed by atoms with Crippen LogP contribution in [0.15, 0.2) is 42.6 Å². The molecular weight excluding hydrogens is 284 g/mol. The Kier molecular flexibility index (Phi) is 5.06. The Morgan fingerprint density at radius 3 is 2.78 bits per heavy atom. The lowest BCUT2D eigenvalue weighted by atomic mass is 9.88. The Balaban J connectivity index is 1.72.